The first kappa shape index (κ1) is 31.2. The predicted octanol–water partition coefficient (Wildman–Crippen LogP) is 6.80. The lowest BCUT2D eigenvalue weighted by molar-refractivity contribution is -0.137. The number of amides is 3. The molecule has 2 saturated carbocycles. The average molecular weight is 712 g/mol. The summed E-state index contributed by atoms with van der Waals surface area (Å²) < 4.78 is 47.6. The number of hydrogen-bond acceptors (Lipinski definition) is 7. The Hall–Kier alpha value is -4.07. The van der Waals surface area contributed by atoms with E-state index in [0.717, 1.165) is 37.8 Å². The summed E-state index contributed by atoms with van der Waals surface area (Å²) in [6.45, 7) is -0.229. The van der Waals surface area contributed by atoms with E-state index in [1.807, 2.05) is 12.1 Å². The Labute approximate surface area is 284 Å². The number of rotatable bonds is 6. The second kappa shape index (κ2) is 11.5. The van der Waals surface area contributed by atoms with Crippen molar-refractivity contribution in [3.05, 3.63) is 103 Å². The first-order valence-electron chi connectivity index (χ1n) is 15.2. The second-order valence-electron chi connectivity index (χ2n) is 12.4. The number of alkyl halides is 3. The largest absolute Gasteiger partial charge is 0.484 e. The molecule has 2 aliphatic carbocycles. The van der Waals surface area contributed by atoms with Gasteiger partial charge in [-0.1, -0.05) is 47.2 Å². The van der Waals surface area contributed by atoms with E-state index in [2.05, 4.69) is 10.3 Å². The van der Waals surface area contributed by atoms with Crippen molar-refractivity contribution < 1.29 is 32.3 Å². The minimum atomic E-state index is -4.74. The third-order valence-corrected chi connectivity index (χ3v) is 12.8. The molecule has 0 radical (unpaired) electrons. The van der Waals surface area contributed by atoms with E-state index in [9.17, 15) is 32.3 Å². The molecule has 48 heavy (non-hydrogen) atoms. The van der Waals surface area contributed by atoms with E-state index < -0.39 is 41.1 Å². The van der Waals surface area contributed by atoms with Crippen LogP contribution in [0.4, 0.5) is 24.5 Å². The highest BCUT2D eigenvalue weighted by atomic mass is 35.5. The van der Waals surface area contributed by atoms with E-state index in [4.69, 9.17) is 16.3 Å². The quantitative estimate of drug-likeness (QED) is 0.213. The van der Waals surface area contributed by atoms with Crippen molar-refractivity contribution in [2.24, 2.45) is 29.6 Å². The molecule has 3 heterocycles. The predicted molar refractivity (Wildman–Crippen MR) is 174 cm³/mol. The fourth-order valence-electron chi connectivity index (χ4n) is 8.19. The summed E-state index contributed by atoms with van der Waals surface area (Å²) in [5.74, 6) is -3.46. The first-order chi connectivity index (χ1) is 23.0. The Balaban J connectivity index is 1.07. The van der Waals surface area contributed by atoms with Crippen molar-refractivity contribution in [2.75, 3.05) is 16.8 Å². The Morgan fingerprint density at radius 2 is 1.65 bits per heavy atom. The molecule has 4 aromatic rings. The number of nitrogens with zero attached hydrogens (tertiary/aromatic N) is 1. The molecule has 7 atom stereocenters. The summed E-state index contributed by atoms with van der Waals surface area (Å²) in [5, 5.41) is 3.88. The van der Waals surface area contributed by atoms with Gasteiger partial charge in [0.2, 0.25) is 11.8 Å². The number of thioether (sulfide) groups is 1. The Morgan fingerprint density at radius 3 is 2.35 bits per heavy atom. The number of nitrogens with one attached hydrogen (secondary N) is 2. The molecule has 4 aliphatic rings. The molecule has 2 aliphatic heterocycles. The van der Waals surface area contributed by atoms with Crippen LogP contribution in [0.2, 0.25) is 5.02 Å². The molecule has 246 valence electrons. The number of benzene rings is 3. The molecule has 1 aromatic heterocycles. The molecule has 3 amide bonds. The maximum Gasteiger partial charge on any atom is 0.418 e. The van der Waals surface area contributed by atoms with Crippen LogP contribution in [0.15, 0.2) is 82.6 Å². The summed E-state index contributed by atoms with van der Waals surface area (Å²) in [6, 6.07) is 18.6. The molecule has 2 bridgehead atoms. The van der Waals surface area contributed by atoms with E-state index in [-0.39, 0.29) is 46.3 Å². The normalized spacial score (nSPS) is 27.1. The summed E-state index contributed by atoms with van der Waals surface area (Å²) in [7, 11) is 0. The number of carbonyl (C=O) groups is 3. The topological polar surface area (TPSA) is 109 Å². The Kier molecular flexibility index (Phi) is 7.49. The van der Waals surface area contributed by atoms with Crippen molar-refractivity contribution in [3.63, 3.8) is 0 Å². The fraction of sp³-hybridized carbons (Fsp3) is 0.294. The maximum absolute atomic E-state index is 14.0. The van der Waals surface area contributed by atoms with Gasteiger partial charge in [0, 0.05) is 26.8 Å². The molecular weight excluding hydrogens is 687 g/mol. The molecule has 6 unspecified atom stereocenters. The number of anilines is 2. The number of ether oxygens (including phenoxy) is 1. The lowest BCUT2D eigenvalue weighted by Crippen LogP contribution is -2.42. The van der Waals surface area contributed by atoms with Gasteiger partial charge >= 0.3 is 11.0 Å². The van der Waals surface area contributed by atoms with Crippen molar-refractivity contribution in [1.82, 2.24) is 4.98 Å². The minimum Gasteiger partial charge on any atom is -0.484 e. The van der Waals surface area contributed by atoms with E-state index in [0.29, 0.717) is 22.9 Å². The third-order valence-electron chi connectivity index (χ3n) is 9.91. The van der Waals surface area contributed by atoms with Gasteiger partial charge in [-0.2, -0.15) is 13.2 Å². The first-order valence-corrected chi connectivity index (χ1v) is 17.3. The maximum atomic E-state index is 14.0. The molecule has 8 nitrogen and oxygen atoms in total. The van der Waals surface area contributed by atoms with Crippen molar-refractivity contribution in [2.45, 2.75) is 28.8 Å². The van der Waals surface area contributed by atoms with Crippen LogP contribution in [-0.2, 0) is 20.6 Å². The lowest BCUT2D eigenvalue weighted by atomic mass is 9.68. The van der Waals surface area contributed by atoms with E-state index in [1.54, 1.807) is 36.4 Å². The number of carbonyl (C=O) groups excluding carboxylic acids is 3. The van der Waals surface area contributed by atoms with Crippen LogP contribution in [0.5, 0.6) is 5.75 Å². The van der Waals surface area contributed by atoms with Gasteiger partial charge in [-0.3, -0.25) is 19.2 Å². The number of para-hydroxylation sites is 1. The number of aromatic nitrogens is 1. The van der Waals surface area contributed by atoms with Crippen molar-refractivity contribution in [1.29, 1.82) is 0 Å². The number of H-pyrrole nitrogens is 1. The van der Waals surface area contributed by atoms with Crippen LogP contribution in [0.1, 0.15) is 28.3 Å². The van der Waals surface area contributed by atoms with Gasteiger partial charge < -0.3 is 15.0 Å². The van der Waals surface area contributed by atoms with E-state index in [1.165, 1.54) is 30.0 Å². The fourth-order valence-corrected chi connectivity index (χ4v) is 11.2. The van der Waals surface area contributed by atoms with Crippen LogP contribution in [-0.4, -0.2) is 34.6 Å². The number of aromatic amines is 1. The molecule has 3 aromatic carbocycles. The van der Waals surface area contributed by atoms with Gasteiger partial charge in [-0.25, -0.2) is 4.90 Å². The number of fused-ring (bicyclic) bond motifs is 9. The van der Waals surface area contributed by atoms with Gasteiger partial charge in [0.1, 0.15) is 5.75 Å². The van der Waals surface area contributed by atoms with Crippen LogP contribution >= 0.6 is 34.7 Å². The smallest absolute Gasteiger partial charge is 0.418 e. The SMILES string of the molecule is O=C(COc1ccc([C@H]2c3sc(=O)[nH]c3SC3C4CC(C5C(=O)N(c6ccccc6C(F)(F)F)C(=O)C45)C32)cc1)Nc1ccc(Cl)cc1. The zero-order valence-corrected chi connectivity index (χ0v) is 27.1. The minimum absolute atomic E-state index is 0.124. The molecule has 3 fully saturated rings. The van der Waals surface area contributed by atoms with Crippen LogP contribution in [0.25, 0.3) is 0 Å². The number of imide groups is 1. The summed E-state index contributed by atoms with van der Waals surface area (Å²) in [5.41, 5.74) is 0.00701. The standard InChI is InChI=1S/C34H25ClF3N3O5S2/c35-16-7-9-17(10-8-16)39-23(42)14-46-18-11-5-15(6-12-18)24-25-19-13-20(28(25)47-30-29(24)48-33(45)40-30)27-26(19)31(43)41(32(27)44)22-4-2-1-3-21(22)34(36,37)38/h1-12,19-20,24-28H,13-14H2,(H,39,42)(H,40,45)/t19?,20?,24-,25?,26?,27?,28?/m1/s1. The highest BCUT2D eigenvalue weighted by Crippen LogP contribution is 2.69. The molecule has 0 spiro atoms. The Bertz CT molecular complexity index is 2020. The van der Waals surface area contributed by atoms with Gasteiger partial charge in [0.25, 0.3) is 5.91 Å². The number of hydrogen-bond donors (Lipinski definition) is 2. The van der Waals surface area contributed by atoms with Gasteiger partial charge in [-0.05, 0) is 78.3 Å². The molecule has 8 rings (SSSR count). The number of thiazole rings is 1. The van der Waals surface area contributed by atoms with Gasteiger partial charge in [0.15, 0.2) is 6.61 Å². The lowest BCUT2D eigenvalue weighted by Gasteiger charge is -2.43. The zero-order valence-electron chi connectivity index (χ0n) is 24.7. The number of halogens is 4. The molecule has 1 saturated heterocycles. The van der Waals surface area contributed by atoms with Crippen molar-refractivity contribution in [3.8, 4) is 5.75 Å². The van der Waals surface area contributed by atoms with Gasteiger partial charge in [0.05, 0.1) is 28.1 Å². The summed E-state index contributed by atoms with van der Waals surface area (Å²) in [4.78, 5) is 57.1. The third kappa shape index (κ3) is 5.05. The molecular formula is C34H25ClF3N3O5S2. The molecule has 14 heteroatoms. The highest BCUT2D eigenvalue weighted by Gasteiger charge is 2.70. The molecule has 2 N–H and O–H groups in total. The van der Waals surface area contributed by atoms with Crippen LogP contribution in [0.3, 0.4) is 0 Å². The van der Waals surface area contributed by atoms with Crippen molar-refractivity contribution >= 4 is 63.8 Å². The summed E-state index contributed by atoms with van der Waals surface area (Å²) in [6.07, 6.45) is -4.14. The zero-order chi connectivity index (χ0) is 33.5. The van der Waals surface area contributed by atoms with Crippen LogP contribution < -0.4 is 19.8 Å². The monoisotopic (exact) mass is 711 g/mol. The second-order valence-corrected chi connectivity index (χ2v) is 15.0. The Morgan fingerprint density at radius 1 is 0.958 bits per heavy atom. The van der Waals surface area contributed by atoms with E-state index >= 15 is 0 Å². The van der Waals surface area contributed by atoms with Crippen LogP contribution in [0, 0.1) is 29.6 Å². The average Bonchev–Trinajstić information content (AvgIpc) is 3.80. The highest BCUT2D eigenvalue weighted by molar-refractivity contribution is 8.00. The summed E-state index contributed by atoms with van der Waals surface area (Å²) >= 11 is 8.50. The van der Waals surface area contributed by atoms with Gasteiger partial charge in [-0.15, -0.1) is 11.8 Å².